The number of ether oxygens (including phenoxy) is 1. The minimum Gasteiger partial charge on any atom is -0.458 e. The summed E-state index contributed by atoms with van der Waals surface area (Å²) in [4.78, 5) is 11.8. The van der Waals surface area contributed by atoms with Crippen LogP contribution in [0.3, 0.4) is 0 Å². The highest BCUT2D eigenvalue weighted by molar-refractivity contribution is 7.14. The van der Waals surface area contributed by atoms with Gasteiger partial charge >= 0.3 is 6.03 Å². The van der Waals surface area contributed by atoms with Gasteiger partial charge in [-0.25, -0.2) is 4.79 Å². The Hall–Kier alpha value is -2.31. The van der Waals surface area contributed by atoms with Gasteiger partial charge in [-0.1, -0.05) is 18.2 Å². The maximum absolute atomic E-state index is 11.8. The number of amides is 2. The number of hydrogen-bond acceptors (Lipinski definition) is 4. The molecule has 0 saturated carbocycles. The Balaban J connectivity index is 1.63. The molecule has 0 aliphatic rings. The third-order valence-corrected chi connectivity index (χ3v) is 4.04. The third kappa shape index (κ3) is 3.29. The predicted octanol–water partition coefficient (Wildman–Crippen LogP) is 4.00. The first-order chi connectivity index (χ1) is 10.8. The van der Waals surface area contributed by atoms with Crippen molar-refractivity contribution in [1.82, 2.24) is 5.32 Å². The van der Waals surface area contributed by atoms with E-state index in [4.69, 9.17) is 9.15 Å². The fourth-order valence-corrected chi connectivity index (χ4v) is 2.76. The summed E-state index contributed by atoms with van der Waals surface area (Å²) in [7, 11) is 1.59. The van der Waals surface area contributed by atoms with Crippen molar-refractivity contribution in [3.8, 4) is 0 Å². The molecule has 0 saturated heterocycles. The summed E-state index contributed by atoms with van der Waals surface area (Å²) in [6, 6.07) is 13.2. The lowest BCUT2D eigenvalue weighted by Gasteiger charge is -2.13. The number of carbonyl (C=O) groups excluding carboxylic acids is 1. The fraction of sp³-hybridized carbons (Fsp3) is 0.188. The number of furan rings is 1. The van der Waals surface area contributed by atoms with Crippen molar-refractivity contribution in [3.63, 3.8) is 0 Å². The lowest BCUT2D eigenvalue weighted by Crippen LogP contribution is -2.32. The molecule has 0 fully saturated rings. The molecular formula is C16H16N2O3S. The number of urea groups is 1. The topological polar surface area (TPSA) is 63.5 Å². The van der Waals surface area contributed by atoms with Gasteiger partial charge in [0.25, 0.3) is 0 Å². The molecule has 2 aromatic heterocycles. The highest BCUT2D eigenvalue weighted by atomic mass is 32.1. The average molecular weight is 316 g/mol. The monoisotopic (exact) mass is 316 g/mol. The van der Waals surface area contributed by atoms with Crippen LogP contribution >= 0.6 is 11.3 Å². The van der Waals surface area contributed by atoms with E-state index in [0.717, 1.165) is 16.0 Å². The van der Waals surface area contributed by atoms with E-state index in [1.54, 1.807) is 7.11 Å². The lowest BCUT2D eigenvalue weighted by atomic mass is 10.2. The Bertz CT molecular complexity index is 719. The molecule has 114 valence electrons. The number of methoxy groups -OCH3 is 1. The van der Waals surface area contributed by atoms with Crippen molar-refractivity contribution in [1.29, 1.82) is 0 Å². The Labute approximate surface area is 131 Å². The van der Waals surface area contributed by atoms with Gasteiger partial charge in [0.1, 0.15) is 17.4 Å². The van der Waals surface area contributed by atoms with Gasteiger partial charge in [0.15, 0.2) is 0 Å². The van der Waals surface area contributed by atoms with E-state index in [1.165, 1.54) is 11.3 Å². The molecule has 0 unspecified atom stereocenters. The smallest absolute Gasteiger partial charge is 0.319 e. The molecule has 1 aromatic carbocycles. The molecule has 6 heteroatoms. The summed E-state index contributed by atoms with van der Waals surface area (Å²) in [6.07, 6.45) is -0.332. The summed E-state index contributed by atoms with van der Waals surface area (Å²) >= 11 is 1.47. The number of nitrogens with one attached hydrogen (secondary N) is 2. The zero-order chi connectivity index (χ0) is 15.4. The Morgan fingerprint density at radius 1 is 1.32 bits per heavy atom. The normalized spacial score (nSPS) is 12.2. The van der Waals surface area contributed by atoms with Crippen LogP contribution < -0.4 is 10.6 Å². The summed E-state index contributed by atoms with van der Waals surface area (Å²) in [5.74, 6) is 0.695. The Kier molecular flexibility index (Phi) is 4.41. The van der Waals surface area contributed by atoms with Crippen molar-refractivity contribution in [3.05, 3.63) is 53.6 Å². The largest absolute Gasteiger partial charge is 0.458 e. The molecule has 0 radical (unpaired) electrons. The molecule has 0 aliphatic carbocycles. The number of benzene rings is 1. The van der Waals surface area contributed by atoms with Gasteiger partial charge in [-0.15, -0.1) is 11.3 Å². The minimum absolute atomic E-state index is 0.263. The van der Waals surface area contributed by atoms with Gasteiger partial charge < -0.3 is 14.5 Å². The van der Waals surface area contributed by atoms with E-state index in [0.29, 0.717) is 12.3 Å². The van der Waals surface area contributed by atoms with E-state index < -0.39 is 0 Å². The molecule has 3 aromatic rings. The van der Waals surface area contributed by atoms with Gasteiger partial charge in [0.2, 0.25) is 0 Å². The van der Waals surface area contributed by atoms with E-state index in [9.17, 15) is 4.79 Å². The van der Waals surface area contributed by atoms with Gasteiger partial charge in [-0.2, -0.15) is 0 Å². The molecule has 0 aliphatic heterocycles. The second-order valence-electron chi connectivity index (χ2n) is 4.72. The van der Waals surface area contributed by atoms with Gasteiger partial charge in [-0.3, -0.25) is 5.32 Å². The van der Waals surface area contributed by atoms with Crippen LogP contribution in [-0.2, 0) is 4.74 Å². The zero-order valence-electron chi connectivity index (χ0n) is 12.0. The van der Waals surface area contributed by atoms with Crippen molar-refractivity contribution >= 4 is 33.3 Å². The van der Waals surface area contributed by atoms with Crippen LogP contribution in [0.5, 0.6) is 0 Å². The maximum atomic E-state index is 11.8. The fourth-order valence-electron chi connectivity index (χ4n) is 2.15. The van der Waals surface area contributed by atoms with Crippen LogP contribution in [0.25, 0.3) is 11.0 Å². The number of thiophene rings is 1. The standard InChI is InChI=1S/C16H16N2O3S/c1-20-14(10-17-16(19)18-15-7-4-8-22-15)13-9-11-5-2-3-6-12(11)21-13/h2-9,14H,10H2,1H3,(H2,17,18,19)/t14-/m0/s1. The third-order valence-electron chi connectivity index (χ3n) is 3.25. The highest BCUT2D eigenvalue weighted by Gasteiger charge is 2.17. The van der Waals surface area contributed by atoms with Crippen LogP contribution in [0.4, 0.5) is 9.80 Å². The van der Waals surface area contributed by atoms with Gasteiger partial charge in [0.05, 0.1) is 11.5 Å². The Morgan fingerprint density at radius 2 is 2.18 bits per heavy atom. The minimum atomic E-state index is -0.332. The molecule has 2 N–H and O–H groups in total. The molecule has 2 heterocycles. The number of para-hydroxylation sites is 1. The highest BCUT2D eigenvalue weighted by Crippen LogP contribution is 2.25. The zero-order valence-corrected chi connectivity index (χ0v) is 12.9. The van der Waals surface area contributed by atoms with E-state index >= 15 is 0 Å². The van der Waals surface area contributed by atoms with Crippen molar-refractivity contribution in [2.75, 3.05) is 19.0 Å². The summed E-state index contributed by atoms with van der Waals surface area (Å²) < 4.78 is 11.2. The number of rotatable bonds is 5. The lowest BCUT2D eigenvalue weighted by molar-refractivity contribution is 0.0870. The van der Waals surface area contributed by atoms with E-state index in [2.05, 4.69) is 10.6 Å². The van der Waals surface area contributed by atoms with E-state index in [-0.39, 0.29) is 12.1 Å². The number of hydrogen-bond donors (Lipinski definition) is 2. The Morgan fingerprint density at radius 3 is 2.91 bits per heavy atom. The molecule has 1 atom stereocenters. The van der Waals surface area contributed by atoms with Gasteiger partial charge in [-0.05, 0) is 29.6 Å². The summed E-state index contributed by atoms with van der Waals surface area (Å²) in [6.45, 7) is 0.327. The predicted molar refractivity (Wildman–Crippen MR) is 87.3 cm³/mol. The van der Waals surface area contributed by atoms with Crippen LogP contribution in [-0.4, -0.2) is 19.7 Å². The van der Waals surface area contributed by atoms with Gasteiger partial charge in [0, 0.05) is 12.5 Å². The second kappa shape index (κ2) is 6.64. The molecule has 22 heavy (non-hydrogen) atoms. The van der Waals surface area contributed by atoms with Crippen LogP contribution in [0.15, 0.2) is 52.3 Å². The summed E-state index contributed by atoms with van der Waals surface area (Å²) in [5.41, 5.74) is 0.808. The van der Waals surface area contributed by atoms with Crippen molar-refractivity contribution in [2.45, 2.75) is 6.10 Å². The average Bonchev–Trinajstić information content (AvgIpc) is 3.16. The molecular weight excluding hydrogens is 300 g/mol. The molecule has 0 spiro atoms. The first-order valence-corrected chi connectivity index (χ1v) is 7.74. The molecule has 3 rings (SSSR count). The molecule has 5 nitrogen and oxygen atoms in total. The molecule has 2 amide bonds. The SMILES string of the molecule is CO[C@@H](CNC(=O)Nc1cccs1)c1cc2ccccc2o1. The molecule has 0 bridgehead atoms. The quantitative estimate of drug-likeness (QED) is 0.747. The van der Waals surface area contributed by atoms with Crippen LogP contribution in [0.1, 0.15) is 11.9 Å². The second-order valence-corrected chi connectivity index (χ2v) is 5.67. The number of anilines is 1. The first-order valence-electron chi connectivity index (χ1n) is 6.86. The number of fused-ring (bicyclic) bond motifs is 1. The number of carbonyl (C=O) groups is 1. The van der Waals surface area contributed by atoms with E-state index in [1.807, 2.05) is 47.8 Å². The maximum Gasteiger partial charge on any atom is 0.319 e. The summed E-state index contributed by atoms with van der Waals surface area (Å²) in [5, 5.41) is 9.27. The van der Waals surface area contributed by atoms with Crippen molar-refractivity contribution in [2.24, 2.45) is 0 Å². The van der Waals surface area contributed by atoms with Crippen molar-refractivity contribution < 1.29 is 13.9 Å². The van der Waals surface area contributed by atoms with Crippen LogP contribution in [0, 0.1) is 0 Å². The van der Waals surface area contributed by atoms with Crippen LogP contribution in [0.2, 0.25) is 0 Å². The first kappa shape index (κ1) is 14.6.